The molecule has 0 fully saturated rings. The van der Waals surface area contributed by atoms with Gasteiger partial charge in [0, 0.05) is 13.0 Å². The molecular formula is C24H46N2O3. The lowest BCUT2D eigenvalue weighted by atomic mass is 10.1. The van der Waals surface area contributed by atoms with Crippen LogP contribution in [0.5, 0.6) is 0 Å². The third-order valence-electron chi connectivity index (χ3n) is 5.25. The van der Waals surface area contributed by atoms with Crippen LogP contribution in [0, 0.1) is 0 Å². The minimum Gasteiger partial charge on any atom is -0.480 e. The lowest BCUT2D eigenvalue weighted by molar-refractivity contribution is -0.138. The molecule has 0 unspecified atom stereocenters. The molecule has 0 rings (SSSR count). The second-order valence-corrected chi connectivity index (χ2v) is 8.12. The summed E-state index contributed by atoms with van der Waals surface area (Å²) in [6.07, 6.45) is 23.6. The van der Waals surface area contributed by atoms with E-state index in [4.69, 9.17) is 10.8 Å². The van der Waals surface area contributed by atoms with Crippen LogP contribution < -0.4 is 11.1 Å². The van der Waals surface area contributed by atoms with Crippen LogP contribution in [0.2, 0.25) is 0 Å². The minimum atomic E-state index is -0.959. The van der Waals surface area contributed by atoms with Gasteiger partial charge in [0.15, 0.2) is 0 Å². The van der Waals surface area contributed by atoms with Crippen LogP contribution in [-0.2, 0) is 9.59 Å². The fraction of sp³-hybridized carbons (Fsp3) is 0.833. The van der Waals surface area contributed by atoms with E-state index < -0.39 is 12.0 Å². The molecule has 0 bridgehead atoms. The van der Waals surface area contributed by atoms with Crippen molar-refractivity contribution in [3.05, 3.63) is 12.2 Å². The Balaban J connectivity index is 3.25. The Bertz CT molecular complexity index is 424. The highest BCUT2D eigenvalue weighted by Gasteiger charge is 2.10. The maximum atomic E-state index is 11.7. The van der Waals surface area contributed by atoms with Gasteiger partial charge < -0.3 is 16.2 Å². The lowest BCUT2D eigenvalue weighted by Gasteiger charge is -2.07. The van der Waals surface area contributed by atoms with E-state index in [-0.39, 0.29) is 5.91 Å². The number of hydrogen-bond acceptors (Lipinski definition) is 3. The Morgan fingerprint density at radius 1 is 0.828 bits per heavy atom. The molecule has 0 aliphatic rings. The Hall–Kier alpha value is -1.36. The maximum Gasteiger partial charge on any atom is 0.320 e. The number of amides is 1. The number of carbonyl (C=O) groups excluding carboxylic acids is 1. The van der Waals surface area contributed by atoms with Crippen LogP contribution in [0.15, 0.2) is 12.2 Å². The molecule has 0 aliphatic carbocycles. The van der Waals surface area contributed by atoms with Gasteiger partial charge in [0.25, 0.3) is 0 Å². The van der Waals surface area contributed by atoms with Crippen molar-refractivity contribution in [3.8, 4) is 0 Å². The summed E-state index contributed by atoms with van der Waals surface area (Å²) in [5, 5.41) is 11.6. The first-order valence-electron chi connectivity index (χ1n) is 12.0. The Morgan fingerprint density at radius 3 is 1.97 bits per heavy atom. The van der Waals surface area contributed by atoms with E-state index in [0.29, 0.717) is 19.4 Å². The summed E-state index contributed by atoms with van der Waals surface area (Å²) in [6.45, 7) is 2.85. The molecule has 29 heavy (non-hydrogen) atoms. The largest absolute Gasteiger partial charge is 0.480 e. The van der Waals surface area contributed by atoms with Crippen molar-refractivity contribution in [1.29, 1.82) is 0 Å². The van der Waals surface area contributed by atoms with E-state index in [1.54, 1.807) is 0 Å². The highest BCUT2D eigenvalue weighted by molar-refractivity contribution is 5.75. The molecule has 0 saturated carbocycles. The molecule has 0 heterocycles. The highest BCUT2D eigenvalue weighted by atomic mass is 16.4. The molecule has 5 nitrogen and oxygen atoms in total. The number of carboxylic acids is 1. The van der Waals surface area contributed by atoms with Crippen LogP contribution >= 0.6 is 0 Å². The van der Waals surface area contributed by atoms with Gasteiger partial charge in [0.05, 0.1) is 0 Å². The fourth-order valence-corrected chi connectivity index (χ4v) is 3.27. The predicted molar refractivity (Wildman–Crippen MR) is 122 cm³/mol. The molecule has 1 atom stereocenters. The minimum absolute atomic E-state index is 0.108. The number of carboxylic acid groups (broad SMARTS) is 1. The van der Waals surface area contributed by atoms with Crippen molar-refractivity contribution < 1.29 is 14.7 Å². The second kappa shape index (κ2) is 21.4. The van der Waals surface area contributed by atoms with E-state index in [9.17, 15) is 9.59 Å². The van der Waals surface area contributed by atoms with Crippen LogP contribution in [0.3, 0.4) is 0 Å². The number of unbranched alkanes of at least 4 members (excludes halogenated alkanes) is 12. The van der Waals surface area contributed by atoms with E-state index in [1.807, 2.05) is 0 Å². The summed E-state index contributed by atoms with van der Waals surface area (Å²) < 4.78 is 0. The van der Waals surface area contributed by atoms with Crippen molar-refractivity contribution in [2.24, 2.45) is 5.73 Å². The zero-order chi connectivity index (χ0) is 21.6. The lowest BCUT2D eigenvalue weighted by Crippen LogP contribution is -2.30. The first kappa shape index (κ1) is 27.6. The summed E-state index contributed by atoms with van der Waals surface area (Å²) in [5.41, 5.74) is 5.44. The third-order valence-corrected chi connectivity index (χ3v) is 5.25. The Morgan fingerprint density at radius 2 is 1.38 bits per heavy atom. The molecule has 0 radical (unpaired) electrons. The Kier molecular flexibility index (Phi) is 20.3. The van der Waals surface area contributed by atoms with E-state index in [2.05, 4.69) is 24.4 Å². The van der Waals surface area contributed by atoms with Gasteiger partial charge in [-0.1, -0.05) is 76.9 Å². The fourth-order valence-electron chi connectivity index (χ4n) is 3.27. The van der Waals surface area contributed by atoms with Gasteiger partial charge >= 0.3 is 5.97 Å². The summed E-state index contributed by atoms with van der Waals surface area (Å²) in [4.78, 5) is 22.3. The van der Waals surface area contributed by atoms with Gasteiger partial charge in [-0.3, -0.25) is 9.59 Å². The molecular weight excluding hydrogens is 364 g/mol. The number of aliphatic carboxylic acids is 1. The summed E-state index contributed by atoms with van der Waals surface area (Å²) >= 11 is 0. The molecule has 0 aromatic heterocycles. The molecule has 5 heteroatoms. The van der Waals surface area contributed by atoms with Crippen LogP contribution in [-0.4, -0.2) is 29.6 Å². The zero-order valence-electron chi connectivity index (χ0n) is 18.8. The second-order valence-electron chi connectivity index (χ2n) is 8.12. The number of rotatable bonds is 21. The van der Waals surface area contributed by atoms with Gasteiger partial charge in [-0.05, 0) is 44.9 Å². The standard InChI is InChI=1S/C24H46N2O3/c1-2-3-4-5-6-7-8-9-10-11-12-13-14-15-16-20-23(27)26-21-18-17-19-22(25)24(28)29/h5-6,22H,2-4,7-21,25H2,1H3,(H,26,27)(H,28,29)/b6-5+/t22-/m0/s1. The number of nitrogens with two attached hydrogens (primary N) is 1. The van der Waals surface area contributed by atoms with E-state index in [0.717, 1.165) is 25.7 Å². The quantitative estimate of drug-likeness (QED) is 0.167. The third kappa shape index (κ3) is 21.2. The molecule has 0 saturated heterocycles. The van der Waals surface area contributed by atoms with Gasteiger partial charge in [-0.25, -0.2) is 0 Å². The zero-order valence-corrected chi connectivity index (χ0v) is 18.8. The summed E-state index contributed by atoms with van der Waals surface area (Å²) in [6, 6.07) is -0.789. The van der Waals surface area contributed by atoms with Gasteiger partial charge in [0.2, 0.25) is 5.91 Å². The van der Waals surface area contributed by atoms with Crippen LogP contribution in [0.4, 0.5) is 0 Å². The van der Waals surface area contributed by atoms with Gasteiger partial charge in [-0.2, -0.15) is 0 Å². The average Bonchev–Trinajstić information content (AvgIpc) is 2.70. The smallest absolute Gasteiger partial charge is 0.320 e. The molecule has 1 amide bonds. The van der Waals surface area contributed by atoms with Crippen molar-refractivity contribution in [3.63, 3.8) is 0 Å². The van der Waals surface area contributed by atoms with Crippen molar-refractivity contribution in [1.82, 2.24) is 5.32 Å². The maximum absolute atomic E-state index is 11.7. The van der Waals surface area contributed by atoms with Crippen LogP contribution in [0.1, 0.15) is 116 Å². The highest BCUT2D eigenvalue weighted by Crippen LogP contribution is 2.12. The van der Waals surface area contributed by atoms with E-state index in [1.165, 1.54) is 70.6 Å². The van der Waals surface area contributed by atoms with Crippen LogP contribution in [0.25, 0.3) is 0 Å². The summed E-state index contributed by atoms with van der Waals surface area (Å²) in [7, 11) is 0. The van der Waals surface area contributed by atoms with Gasteiger partial charge in [-0.15, -0.1) is 0 Å². The number of carbonyl (C=O) groups is 2. The normalized spacial score (nSPS) is 12.3. The number of allylic oxidation sites excluding steroid dienone is 2. The topological polar surface area (TPSA) is 92.4 Å². The number of hydrogen-bond donors (Lipinski definition) is 3. The molecule has 0 aliphatic heterocycles. The van der Waals surface area contributed by atoms with Gasteiger partial charge in [0.1, 0.15) is 6.04 Å². The van der Waals surface area contributed by atoms with E-state index >= 15 is 0 Å². The molecule has 0 aromatic rings. The molecule has 0 spiro atoms. The predicted octanol–water partition coefficient (Wildman–Crippen LogP) is 5.72. The van der Waals surface area contributed by atoms with Crippen molar-refractivity contribution in [2.45, 2.75) is 122 Å². The first-order chi connectivity index (χ1) is 14.1. The molecule has 0 aromatic carbocycles. The first-order valence-corrected chi connectivity index (χ1v) is 12.0. The van der Waals surface area contributed by atoms with Crippen molar-refractivity contribution in [2.75, 3.05) is 6.54 Å². The van der Waals surface area contributed by atoms with Crippen molar-refractivity contribution >= 4 is 11.9 Å². The Labute approximate surface area is 178 Å². The average molecular weight is 411 g/mol. The number of nitrogens with one attached hydrogen (secondary N) is 1. The SMILES string of the molecule is CCCC/C=C/CCCCCCCCCCCC(=O)NCCCC[C@H](N)C(=O)O. The molecule has 4 N–H and O–H groups in total. The monoisotopic (exact) mass is 410 g/mol. The summed E-state index contributed by atoms with van der Waals surface area (Å²) in [5.74, 6) is -0.851. The molecule has 170 valence electrons.